The van der Waals surface area contributed by atoms with Crippen LogP contribution in [0.25, 0.3) is 0 Å². The molecule has 2 atom stereocenters. The number of hydrogen-bond donors (Lipinski definition) is 2. The topological polar surface area (TPSA) is 52.0 Å². The fourth-order valence-electron chi connectivity index (χ4n) is 3.74. The Morgan fingerprint density at radius 3 is 2.78 bits per heavy atom. The zero-order valence-corrected chi connectivity index (χ0v) is 16.7. The summed E-state index contributed by atoms with van der Waals surface area (Å²) < 4.78 is 10.9. The summed E-state index contributed by atoms with van der Waals surface area (Å²) in [4.78, 5) is 13.9. The monoisotopic (exact) mass is 389 g/mol. The van der Waals surface area contributed by atoms with E-state index in [4.69, 9.17) is 21.1 Å². The van der Waals surface area contributed by atoms with Crippen molar-refractivity contribution in [3.8, 4) is 11.5 Å². The van der Waals surface area contributed by atoms with Gasteiger partial charge in [0.2, 0.25) is 0 Å². The molecule has 5 nitrogen and oxygen atoms in total. The molecule has 0 spiro atoms. The van der Waals surface area contributed by atoms with Gasteiger partial charge in [-0.25, -0.2) is 0 Å². The lowest BCUT2D eigenvalue weighted by Crippen LogP contribution is -3.11. The van der Waals surface area contributed by atoms with E-state index in [1.807, 2.05) is 37.3 Å². The number of aryl methyl sites for hydroxylation is 1. The Labute approximate surface area is 165 Å². The van der Waals surface area contributed by atoms with Crippen molar-refractivity contribution in [3.05, 3.63) is 52.5 Å². The molecule has 1 saturated heterocycles. The van der Waals surface area contributed by atoms with Gasteiger partial charge in [-0.15, -0.1) is 0 Å². The molecule has 0 aliphatic carbocycles. The number of anilines is 1. The number of carbonyl (C=O) groups is 1. The van der Waals surface area contributed by atoms with Crippen LogP contribution in [0.3, 0.4) is 0 Å². The third-order valence-corrected chi connectivity index (χ3v) is 5.39. The first-order chi connectivity index (χ1) is 13.0. The van der Waals surface area contributed by atoms with Crippen molar-refractivity contribution in [1.82, 2.24) is 0 Å². The fraction of sp³-hybridized carbons (Fsp3) is 0.381. The maximum atomic E-state index is 12.7. The summed E-state index contributed by atoms with van der Waals surface area (Å²) >= 11 is 6.05. The molecule has 6 heteroatoms. The first kappa shape index (κ1) is 19.5. The van der Waals surface area contributed by atoms with Gasteiger partial charge in [-0.2, -0.15) is 0 Å². The van der Waals surface area contributed by atoms with Gasteiger partial charge >= 0.3 is 0 Å². The average molecular weight is 390 g/mol. The van der Waals surface area contributed by atoms with Crippen LogP contribution in [0.1, 0.15) is 30.0 Å². The molecule has 0 aromatic heterocycles. The molecule has 2 aromatic carbocycles. The maximum Gasteiger partial charge on any atom is 0.279 e. The molecule has 1 aliphatic rings. The largest absolute Gasteiger partial charge is 0.497 e. The van der Waals surface area contributed by atoms with Gasteiger partial charge in [-0.3, -0.25) is 4.79 Å². The van der Waals surface area contributed by atoms with Crippen LogP contribution >= 0.6 is 11.6 Å². The smallest absolute Gasteiger partial charge is 0.279 e. The van der Waals surface area contributed by atoms with Gasteiger partial charge in [0.1, 0.15) is 17.5 Å². The van der Waals surface area contributed by atoms with E-state index in [-0.39, 0.29) is 11.9 Å². The number of quaternary nitrogens is 1. The standard InChI is InChI=1S/C21H25ClN2O3/c1-14-6-7-15(22)11-18(14)23-21(25)13-24-10-4-5-19(24)17-12-16(26-2)8-9-20(17)27-3/h6-9,11-12,19H,4-5,10,13H2,1-3H3,(H,23,25)/p+1/t19-/m1/s1. The zero-order chi connectivity index (χ0) is 19.4. The van der Waals surface area contributed by atoms with Gasteiger partial charge in [0.25, 0.3) is 5.91 Å². The van der Waals surface area contributed by atoms with Crippen molar-refractivity contribution in [2.24, 2.45) is 0 Å². The molecular formula is C21H26ClN2O3+. The summed E-state index contributed by atoms with van der Waals surface area (Å²) in [6.07, 6.45) is 2.09. The van der Waals surface area contributed by atoms with E-state index in [0.717, 1.165) is 47.7 Å². The number of nitrogens with one attached hydrogen (secondary N) is 2. The summed E-state index contributed by atoms with van der Waals surface area (Å²) in [5.41, 5.74) is 2.85. The Morgan fingerprint density at radius 1 is 1.22 bits per heavy atom. The minimum Gasteiger partial charge on any atom is -0.497 e. The zero-order valence-electron chi connectivity index (χ0n) is 16.0. The van der Waals surface area contributed by atoms with Crippen LogP contribution in [0.4, 0.5) is 5.69 Å². The molecule has 2 N–H and O–H groups in total. The quantitative estimate of drug-likeness (QED) is 0.798. The first-order valence-corrected chi connectivity index (χ1v) is 9.52. The Balaban J connectivity index is 1.75. The highest BCUT2D eigenvalue weighted by atomic mass is 35.5. The maximum absolute atomic E-state index is 12.7. The Bertz CT molecular complexity index is 825. The van der Waals surface area contributed by atoms with E-state index >= 15 is 0 Å². The van der Waals surface area contributed by atoms with Gasteiger partial charge in [-0.1, -0.05) is 17.7 Å². The molecule has 1 aliphatic heterocycles. The van der Waals surface area contributed by atoms with E-state index in [9.17, 15) is 4.79 Å². The highest BCUT2D eigenvalue weighted by Crippen LogP contribution is 2.31. The van der Waals surface area contributed by atoms with Gasteiger partial charge in [0, 0.05) is 23.6 Å². The molecule has 1 fully saturated rings. The molecule has 3 rings (SSSR count). The fourth-order valence-corrected chi connectivity index (χ4v) is 3.91. The Hall–Kier alpha value is -2.24. The van der Waals surface area contributed by atoms with E-state index in [0.29, 0.717) is 11.6 Å². The molecule has 0 saturated carbocycles. The number of rotatable bonds is 6. The Kier molecular flexibility index (Phi) is 6.24. The highest BCUT2D eigenvalue weighted by molar-refractivity contribution is 6.31. The predicted molar refractivity (Wildman–Crippen MR) is 107 cm³/mol. The van der Waals surface area contributed by atoms with Crippen molar-refractivity contribution in [1.29, 1.82) is 0 Å². The molecule has 27 heavy (non-hydrogen) atoms. The number of likely N-dealkylation sites (tertiary alicyclic amines) is 1. The lowest BCUT2D eigenvalue weighted by Gasteiger charge is -2.23. The van der Waals surface area contributed by atoms with Crippen molar-refractivity contribution >= 4 is 23.2 Å². The number of hydrogen-bond acceptors (Lipinski definition) is 3. The number of benzene rings is 2. The lowest BCUT2D eigenvalue weighted by molar-refractivity contribution is -0.910. The normalized spacial score (nSPS) is 19.0. The van der Waals surface area contributed by atoms with Crippen molar-refractivity contribution in [2.75, 3.05) is 32.6 Å². The van der Waals surface area contributed by atoms with Crippen LogP contribution in [0.15, 0.2) is 36.4 Å². The summed E-state index contributed by atoms with van der Waals surface area (Å²) in [7, 11) is 3.33. The third kappa shape index (κ3) is 4.54. The van der Waals surface area contributed by atoms with Gasteiger partial charge < -0.3 is 19.7 Å². The molecule has 0 bridgehead atoms. The molecule has 1 unspecified atom stereocenters. The predicted octanol–water partition coefficient (Wildman–Crippen LogP) is 3.02. The first-order valence-electron chi connectivity index (χ1n) is 9.14. The SMILES string of the molecule is COc1ccc(OC)c([C@H]2CCC[NH+]2CC(=O)Nc2cc(Cl)ccc2C)c1. The van der Waals surface area contributed by atoms with Crippen LogP contribution in [0, 0.1) is 6.92 Å². The van der Waals surface area contributed by atoms with E-state index in [1.165, 1.54) is 4.90 Å². The number of amides is 1. The van der Waals surface area contributed by atoms with Crippen LogP contribution in [-0.2, 0) is 4.79 Å². The van der Waals surface area contributed by atoms with Crippen LogP contribution in [0.2, 0.25) is 5.02 Å². The highest BCUT2D eigenvalue weighted by Gasteiger charge is 2.34. The van der Waals surface area contributed by atoms with Crippen LogP contribution in [0.5, 0.6) is 11.5 Å². The van der Waals surface area contributed by atoms with Gasteiger partial charge in [0.05, 0.1) is 26.3 Å². The molecule has 0 radical (unpaired) electrons. The summed E-state index contributed by atoms with van der Waals surface area (Å²) in [6.45, 7) is 3.31. The molecule has 144 valence electrons. The summed E-state index contributed by atoms with van der Waals surface area (Å²) in [5, 5.41) is 3.62. The average Bonchev–Trinajstić information content (AvgIpc) is 3.11. The lowest BCUT2D eigenvalue weighted by atomic mass is 10.0. The number of carbonyl (C=O) groups excluding carboxylic acids is 1. The minimum atomic E-state index is -0.0101. The van der Waals surface area contributed by atoms with Crippen molar-refractivity contribution in [3.63, 3.8) is 0 Å². The van der Waals surface area contributed by atoms with E-state index in [1.54, 1.807) is 20.3 Å². The molecule has 1 amide bonds. The van der Waals surface area contributed by atoms with E-state index in [2.05, 4.69) is 5.32 Å². The summed E-state index contributed by atoms with van der Waals surface area (Å²) in [6, 6.07) is 11.6. The van der Waals surface area contributed by atoms with E-state index < -0.39 is 0 Å². The van der Waals surface area contributed by atoms with Crippen molar-refractivity contribution < 1.29 is 19.2 Å². The second-order valence-corrected chi connectivity index (χ2v) is 7.33. The van der Waals surface area contributed by atoms with Crippen molar-refractivity contribution in [2.45, 2.75) is 25.8 Å². The molecule has 1 heterocycles. The number of ether oxygens (including phenoxy) is 2. The second kappa shape index (κ2) is 8.63. The molecule has 2 aromatic rings. The van der Waals surface area contributed by atoms with Gasteiger partial charge in [0.15, 0.2) is 6.54 Å². The van der Waals surface area contributed by atoms with Crippen LogP contribution < -0.4 is 19.7 Å². The second-order valence-electron chi connectivity index (χ2n) is 6.90. The number of halogens is 1. The Morgan fingerprint density at radius 2 is 2.04 bits per heavy atom. The summed E-state index contributed by atoms with van der Waals surface area (Å²) in [5.74, 6) is 1.63. The van der Waals surface area contributed by atoms with Crippen LogP contribution in [-0.4, -0.2) is 33.2 Å². The number of methoxy groups -OCH3 is 2. The third-order valence-electron chi connectivity index (χ3n) is 5.16. The minimum absolute atomic E-state index is 0.0101. The van der Waals surface area contributed by atoms with Gasteiger partial charge in [-0.05, 0) is 42.8 Å². The molecular weight excluding hydrogens is 364 g/mol.